The van der Waals surface area contributed by atoms with Crippen molar-refractivity contribution in [3.8, 4) is 17.6 Å². The lowest BCUT2D eigenvalue weighted by atomic mass is 9.96. The van der Waals surface area contributed by atoms with E-state index in [0.717, 1.165) is 45.4 Å². The zero-order chi connectivity index (χ0) is 20.9. The molecule has 0 aliphatic heterocycles. The molecule has 2 aromatic carbocycles. The Morgan fingerprint density at radius 2 is 2.00 bits per heavy atom. The number of nitrogens with zero attached hydrogens (tertiary/aromatic N) is 2. The van der Waals surface area contributed by atoms with E-state index in [1.54, 1.807) is 24.7 Å². The molecular formula is C24H21BrN2O2S. The highest BCUT2D eigenvalue weighted by Gasteiger charge is 2.20. The highest BCUT2D eigenvalue weighted by molar-refractivity contribution is 9.10. The molecule has 6 heteroatoms. The first kappa shape index (κ1) is 20.6. The Hall–Kier alpha value is -2.62. The van der Waals surface area contributed by atoms with Crippen molar-refractivity contribution in [3.63, 3.8) is 0 Å². The fourth-order valence-electron chi connectivity index (χ4n) is 3.57. The highest BCUT2D eigenvalue weighted by atomic mass is 79.9. The summed E-state index contributed by atoms with van der Waals surface area (Å²) < 4.78 is 12.3. The molecule has 0 bridgehead atoms. The third-order valence-electron chi connectivity index (χ3n) is 5.07. The van der Waals surface area contributed by atoms with Gasteiger partial charge < -0.3 is 9.47 Å². The van der Waals surface area contributed by atoms with E-state index in [1.807, 2.05) is 42.5 Å². The van der Waals surface area contributed by atoms with Gasteiger partial charge in [-0.2, -0.15) is 5.26 Å². The van der Waals surface area contributed by atoms with Crippen LogP contribution in [0.3, 0.4) is 0 Å². The molecule has 3 aromatic rings. The Labute approximate surface area is 188 Å². The SMILES string of the molecule is COc1cc(C=Nc2sc3c(c2C#N)CCCC3)cc(Br)c1OCc1ccccc1. The van der Waals surface area contributed by atoms with Gasteiger partial charge in [-0.3, -0.25) is 0 Å². The molecule has 0 radical (unpaired) electrons. The van der Waals surface area contributed by atoms with Gasteiger partial charge in [0.15, 0.2) is 11.5 Å². The van der Waals surface area contributed by atoms with Crippen LogP contribution >= 0.6 is 27.3 Å². The minimum Gasteiger partial charge on any atom is -0.493 e. The Morgan fingerprint density at radius 3 is 2.77 bits per heavy atom. The zero-order valence-electron chi connectivity index (χ0n) is 16.7. The van der Waals surface area contributed by atoms with Crippen molar-refractivity contribution < 1.29 is 9.47 Å². The van der Waals surface area contributed by atoms with E-state index in [-0.39, 0.29) is 0 Å². The number of thiophene rings is 1. The molecule has 0 atom stereocenters. The Kier molecular flexibility index (Phi) is 6.51. The second-order valence-electron chi connectivity index (χ2n) is 7.07. The lowest BCUT2D eigenvalue weighted by molar-refractivity contribution is 0.282. The molecule has 0 amide bonds. The van der Waals surface area contributed by atoms with Gasteiger partial charge >= 0.3 is 0 Å². The number of methoxy groups -OCH3 is 1. The van der Waals surface area contributed by atoms with Crippen molar-refractivity contribution in [1.82, 2.24) is 0 Å². The van der Waals surface area contributed by atoms with Gasteiger partial charge in [-0.1, -0.05) is 30.3 Å². The molecule has 0 saturated heterocycles. The number of ether oxygens (including phenoxy) is 2. The summed E-state index contributed by atoms with van der Waals surface area (Å²) in [4.78, 5) is 5.96. The molecule has 4 nitrogen and oxygen atoms in total. The fraction of sp³-hybridized carbons (Fsp3) is 0.250. The van der Waals surface area contributed by atoms with E-state index in [2.05, 4.69) is 27.0 Å². The first-order valence-electron chi connectivity index (χ1n) is 9.82. The second-order valence-corrected chi connectivity index (χ2v) is 9.01. The Bertz CT molecular complexity index is 1120. The summed E-state index contributed by atoms with van der Waals surface area (Å²) in [6.07, 6.45) is 6.16. The quantitative estimate of drug-likeness (QED) is 0.373. The number of hydrogen-bond donors (Lipinski definition) is 0. The van der Waals surface area contributed by atoms with E-state index in [9.17, 15) is 5.26 Å². The van der Waals surface area contributed by atoms with Crippen molar-refractivity contribution in [3.05, 3.63) is 74.1 Å². The van der Waals surface area contributed by atoms with Crippen LogP contribution in [0.5, 0.6) is 11.5 Å². The van der Waals surface area contributed by atoms with Crippen LogP contribution in [-0.4, -0.2) is 13.3 Å². The summed E-state index contributed by atoms with van der Waals surface area (Å²) in [6.45, 7) is 0.454. The van der Waals surface area contributed by atoms with Crippen LogP contribution in [0, 0.1) is 11.3 Å². The monoisotopic (exact) mass is 480 g/mol. The minimum atomic E-state index is 0.454. The number of fused-ring (bicyclic) bond motifs is 1. The number of hydrogen-bond acceptors (Lipinski definition) is 5. The largest absolute Gasteiger partial charge is 0.493 e. The molecule has 152 valence electrons. The van der Waals surface area contributed by atoms with Crippen molar-refractivity contribution in [2.75, 3.05) is 7.11 Å². The van der Waals surface area contributed by atoms with Gasteiger partial charge in [0.25, 0.3) is 0 Å². The Balaban J connectivity index is 1.58. The summed E-state index contributed by atoms with van der Waals surface area (Å²) >= 11 is 5.24. The van der Waals surface area contributed by atoms with E-state index in [4.69, 9.17) is 9.47 Å². The number of benzene rings is 2. The summed E-state index contributed by atoms with van der Waals surface area (Å²) in [5.41, 5.74) is 3.90. The zero-order valence-corrected chi connectivity index (χ0v) is 19.1. The second kappa shape index (κ2) is 9.46. The van der Waals surface area contributed by atoms with Gasteiger partial charge in [0.1, 0.15) is 17.7 Å². The number of halogens is 1. The van der Waals surface area contributed by atoms with Crippen LogP contribution in [0.1, 0.15) is 40.0 Å². The Morgan fingerprint density at radius 1 is 1.20 bits per heavy atom. The van der Waals surface area contributed by atoms with Gasteiger partial charge in [-0.05, 0) is 70.4 Å². The van der Waals surface area contributed by atoms with Crippen molar-refractivity contribution in [2.24, 2.45) is 4.99 Å². The summed E-state index contributed by atoms with van der Waals surface area (Å²) in [5, 5.41) is 10.4. The van der Waals surface area contributed by atoms with Crippen LogP contribution in [0.15, 0.2) is 51.9 Å². The molecule has 0 saturated carbocycles. The lowest BCUT2D eigenvalue weighted by Crippen LogP contribution is -1.99. The predicted molar refractivity (Wildman–Crippen MR) is 124 cm³/mol. The smallest absolute Gasteiger partial charge is 0.175 e. The maximum atomic E-state index is 9.61. The fourth-order valence-corrected chi connectivity index (χ4v) is 5.33. The number of rotatable bonds is 6. The van der Waals surface area contributed by atoms with Crippen molar-refractivity contribution in [1.29, 1.82) is 5.26 Å². The standard InChI is InChI=1S/C24H21BrN2O2S/c1-28-21-12-17(11-20(25)23(21)29-15-16-7-3-2-4-8-16)14-27-24-19(13-26)18-9-5-6-10-22(18)30-24/h2-4,7-8,11-12,14H,5-6,9-10,15H2,1H3. The maximum absolute atomic E-state index is 9.61. The molecule has 0 spiro atoms. The first-order chi connectivity index (χ1) is 14.7. The predicted octanol–water partition coefficient (Wildman–Crippen LogP) is 6.60. The van der Waals surface area contributed by atoms with Crippen molar-refractivity contribution in [2.45, 2.75) is 32.3 Å². The molecule has 1 aliphatic carbocycles. The molecule has 0 unspecified atom stereocenters. The molecule has 1 aliphatic rings. The van der Waals surface area contributed by atoms with E-state index < -0.39 is 0 Å². The normalized spacial score (nSPS) is 13.1. The third kappa shape index (κ3) is 4.43. The van der Waals surface area contributed by atoms with Crippen LogP contribution in [0.2, 0.25) is 0 Å². The average Bonchev–Trinajstić information content (AvgIpc) is 3.14. The van der Waals surface area contributed by atoms with Crippen LogP contribution in [0.25, 0.3) is 0 Å². The van der Waals surface area contributed by atoms with Crippen LogP contribution in [0.4, 0.5) is 5.00 Å². The van der Waals surface area contributed by atoms with Gasteiger partial charge in [0, 0.05) is 11.1 Å². The van der Waals surface area contributed by atoms with Gasteiger partial charge in [-0.15, -0.1) is 11.3 Å². The van der Waals surface area contributed by atoms with E-state index in [1.165, 1.54) is 16.9 Å². The number of aliphatic imine (C=N–C) groups is 1. The first-order valence-corrected chi connectivity index (χ1v) is 11.4. The van der Waals surface area contributed by atoms with Crippen LogP contribution < -0.4 is 9.47 Å². The highest BCUT2D eigenvalue weighted by Crippen LogP contribution is 2.40. The van der Waals surface area contributed by atoms with Crippen molar-refractivity contribution >= 4 is 38.5 Å². The van der Waals surface area contributed by atoms with Gasteiger partial charge in [0.05, 0.1) is 17.1 Å². The maximum Gasteiger partial charge on any atom is 0.175 e. The summed E-state index contributed by atoms with van der Waals surface area (Å²) in [5.74, 6) is 1.29. The topological polar surface area (TPSA) is 54.6 Å². The van der Waals surface area contributed by atoms with Crippen LogP contribution in [-0.2, 0) is 19.4 Å². The lowest BCUT2D eigenvalue weighted by Gasteiger charge is -2.13. The molecule has 30 heavy (non-hydrogen) atoms. The molecule has 0 fully saturated rings. The molecule has 1 heterocycles. The molecular weight excluding hydrogens is 460 g/mol. The average molecular weight is 481 g/mol. The molecule has 0 N–H and O–H groups in total. The minimum absolute atomic E-state index is 0.454. The summed E-state index contributed by atoms with van der Waals surface area (Å²) in [7, 11) is 1.62. The van der Waals surface area contributed by atoms with E-state index >= 15 is 0 Å². The molecule has 4 rings (SSSR count). The number of aryl methyl sites for hydroxylation is 1. The summed E-state index contributed by atoms with van der Waals surface area (Å²) in [6, 6.07) is 16.2. The molecule has 1 aromatic heterocycles. The third-order valence-corrected chi connectivity index (χ3v) is 6.86. The van der Waals surface area contributed by atoms with Gasteiger partial charge in [-0.25, -0.2) is 4.99 Å². The van der Waals surface area contributed by atoms with Gasteiger partial charge in [0.2, 0.25) is 0 Å². The van der Waals surface area contributed by atoms with E-state index in [0.29, 0.717) is 18.1 Å². The number of nitriles is 1.